The molecule has 0 atom stereocenters. The van der Waals surface area contributed by atoms with Crippen LogP contribution in [-0.4, -0.2) is 31.6 Å². The molecule has 0 aliphatic rings. The van der Waals surface area contributed by atoms with Crippen molar-refractivity contribution in [1.82, 2.24) is 5.32 Å². The topological polar surface area (TPSA) is 67.4 Å². The number of hydrogen-bond acceptors (Lipinski definition) is 3. The lowest BCUT2D eigenvalue weighted by molar-refractivity contribution is -0.111. The van der Waals surface area contributed by atoms with E-state index in [0.717, 1.165) is 12.0 Å². The summed E-state index contributed by atoms with van der Waals surface area (Å²) in [6.45, 7) is 3.79. The standard InChI is InChI=1S/C21H24N2O3/c1-2-26-15-7-14-22-21(25)18-10-6-11-19(16-18)23-20(24)13-12-17-8-4-3-5-9-17/h3-6,8-13,16H,2,7,14-15H2,1H3,(H,22,25)(H,23,24)/b13-12+. The second-order valence-corrected chi connectivity index (χ2v) is 5.62. The minimum absolute atomic E-state index is 0.169. The predicted octanol–water partition coefficient (Wildman–Crippen LogP) is 3.49. The van der Waals surface area contributed by atoms with E-state index in [1.165, 1.54) is 6.08 Å². The van der Waals surface area contributed by atoms with E-state index in [1.54, 1.807) is 30.3 Å². The summed E-state index contributed by atoms with van der Waals surface area (Å²) >= 11 is 0. The Hall–Kier alpha value is -2.92. The van der Waals surface area contributed by atoms with Crippen molar-refractivity contribution in [3.63, 3.8) is 0 Å². The fraction of sp³-hybridized carbons (Fsp3) is 0.238. The summed E-state index contributed by atoms with van der Waals surface area (Å²) in [6.07, 6.45) is 3.97. The quantitative estimate of drug-likeness (QED) is 0.536. The Morgan fingerprint density at radius 1 is 1.08 bits per heavy atom. The number of benzene rings is 2. The van der Waals surface area contributed by atoms with Crippen molar-refractivity contribution in [1.29, 1.82) is 0 Å². The van der Waals surface area contributed by atoms with E-state index in [0.29, 0.717) is 31.0 Å². The number of hydrogen-bond donors (Lipinski definition) is 2. The summed E-state index contributed by atoms with van der Waals surface area (Å²) in [5, 5.41) is 5.61. The molecule has 0 aromatic heterocycles. The molecule has 2 aromatic rings. The molecule has 0 unspecified atom stereocenters. The van der Waals surface area contributed by atoms with Crippen molar-refractivity contribution in [3.05, 3.63) is 71.8 Å². The van der Waals surface area contributed by atoms with Gasteiger partial charge in [0, 0.05) is 37.1 Å². The highest BCUT2D eigenvalue weighted by Gasteiger charge is 2.06. The first-order valence-corrected chi connectivity index (χ1v) is 8.69. The van der Waals surface area contributed by atoms with E-state index in [-0.39, 0.29) is 11.8 Å². The Kier molecular flexibility index (Phi) is 8.09. The molecule has 5 nitrogen and oxygen atoms in total. The molecular weight excluding hydrogens is 328 g/mol. The maximum Gasteiger partial charge on any atom is 0.251 e. The van der Waals surface area contributed by atoms with Gasteiger partial charge in [-0.15, -0.1) is 0 Å². The van der Waals surface area contributed by atoms with Gasteiger partial charge < -0.3 is 15.4 Å². The van der Waals surface area contributed by atoms with Crippen molar-refractivity contribution < 1.29 is 14.3 Å². The van der Waals surface area contributed by atoms with Crippen LogP contribution < -0.4 is 10.6 Å². The molecule has 2 rings (SSSR count). The summed E-state index contributed by atoms with van der Waals surface area (Å²) in [5.41, 5.74) is 2.03. The molecule has 0 aliphatic heterocycles. The van der Waals surface area contributed by atoms with E-state index < -0.39 is 0 Å². The number of carbonyl (C=O) groups excluding carboxylic acids is 2. The fourth-order valence-corrected chi connectivity index (χ4v) is 2.28. The van der Waals surface area contributed by atoms with Gasteiger partial charge in [-0.25, -0.2) is 0 Å². The van der Waals surface area contributed by atoms with Crippen LogP contribution in [0.1, 0.15) is 29.3 Å². The van der Waals surface area contributed by atoms with Gasteiger partial charge in [0.1, 0.15) is 0 Å². The molecule has 2 aromatic carbocycles. The molecule has 2 N–H and O–H groups in total. The fourth-order valence-electron chi connectivity index (χ4n) is 2.28. The molecule has 0 spiro atoms. The third kappa shape index (κ3) is 6.91. The zero-order valence-electron chi connectivity index (χ0n) is 14.9. The highest BCUT2D eigenvalue weighted by molar-refractivity contribution is 6.03. The van der Waals surface area contributed by atoms with E-state index in [4.69, 9.17) is 4.74 Å². The highest BCUT2D eigenvalue weighted by Crippen LogP contribution is 2.11. The Morgan fingerprint density at radius 2 is 1.88 bits per heavy atom. The van der Waals surface area contributed by atoms with Gasteiger partial charge in [0.25, 0.3) is 5.91 Å². The molecule has 0 fully saturated rings. The van der Waals surface area contributed by atoms with E-state index in [2.05, 4.69) is 10.6 Å². The summed E-state index contributed by atoms with van der Waals surface area (Å²) < 4.78 is 5.23. The number of ether oxygens (including phenoxy) is 1. The molecule has 0 bridgehead atoms. The normalized spacial score (nSPS) is 10.7. The summed E-state index contributed by atoms with van der Waals surface area (Å²) in [5.74, 6) is -0.416. The van der Waals surface area contributed by atoms with Crippen LogP contribution in [0.2, 0.25) is 0 Å². The lowest BCUT2D eigenvalue weighted by Crippen LogP contribution is -2.25. The lowest BCUT2D eigenvalue weighted by atomic mass is 10.2. The van der Waals surface area contributed by atoms with Crippen molar-refractivity contribution in [2.24, 2.45) is 0 Å². The van der Waals surface area contributed by atoms with Crippen LogP contribution in [0.15, 0.2) is 60.7 Å². The van der Waals surface area contributed by atoms with Gasteiger partial charge >= 0.3 is 0 Å². The summed E-state index contributed by atoms with van der Waals surface area (Å²) in [7, 11) is 0. The smallest absolute Gasteiger partial charge is 0.251 e. The van der Waals surface area contributed by atoms with Crippen molar-refractivity contribution >= 4 is 23.6 Å². The van der Waals surface area contributed by atoms with Crippen LogP contribution in [0.5, 0.6) is 0 Å². The number of anilines is 1. The molecule has 136 valence electrons. The largest absolute Gasteiger partial charge is 0.382 e. The van der Waals surface area contributed by atoms with Crippen molar-refractivity contribution in [2.75, 3.05) is 25.1 Å². The van der Waals surface area contributed by atoms with Gasteiger partial charge in [0.15, 0.2) is 0 Å². The summed E-state index contributed by atoms with van der Waals surface area (Å²) in [4.78, 5) is 24.2. The minimum Gasteiger partial charge on any atom is -0.382 e. The molecule has 5 heteroatoms. The third-order valence-corrected chi connectivity index (χ3v) is 3.57. The van der Waals surface area contributed by atoms with Crippen molar-refractivity contribution in [2.45, 2.75) is 13.3 Å². The first kappa shape index (κ1) is 19.4. The SMILES string of the molecule is CCOCCCNC(=O)c1cccc(NC(=O)/C=C/c2ccccc2)c1. The van der Waals surface area contributed by atoms with E-state index in [1.807, 2.05) is 37.3 Å². The average molecular weight is 352 g/mol. The van der Waals surface area contributed by atoms with Crippen molar-refractivity contribution in [3.8, 4) is 0 Å². The second kappa shape index (κ2) is 10.8. The molecule has 26 heavy (non-hydrogen) atoms. The Labute approximate surface area is 154 Å². The Balaban J connectivity index is 1.86. The molecule has 2 amide bonds. The number of rotatable bonds is 9. The lowest BCUT2D eigenvalue weighted by Gasteiger charge is -2.07. The van der Waals surface area contributed by atoms with Crippen LogP contribution in [0.25, 0.3) is 6.08 Å². The second-order valence-electron chi connectivity index (χ2n) is 5.62. The molecule has 0 radical (unpaired) electrons. The predicted molar refractivity (Wildman–Crippen MR) is 104 cm³/mol. The molecule has 0 saturated heterocycles. The molecular formula is C21H24N2O3. The van der Waals surface area contributed by atoms with E-state index in [9.17, 15) is 9.59 Å². The zero-order valence-corrected chi connectivity index (χ0v) is 14.9. The average Bonchev–Trinajstić information content (AvgIpc) is 2.67. The third-order valence-electron chi connectivity index (χ3n) is 3.57. The van der Waals surface area contributed by atoms with E-state index >= 15 is 0 Å². The molecule has 0 heterocycles. The van der Waals surface area contributed by atoms with Crippen LogP contribution in [-0.2, 0) is 9.53 Å². The van der Waals surface area contributed by atoms with Gasteiger partial charge in [-0.05, 0) is 43.2 Å². The minimum atomic E-state index is -0.247. The zero-order chi connectivity index (χ0) is 18.6. The van der Waals surface area contributed by atoms with Crippen LogP contribution >= 0.6 is 0 Å². The Bertz CT molecular complexity index is 742. The summed E-state index contributed by atoms with van der Waals surface area (Å²) in [6, 6.07) is 16.4. The number of nitrogens with one attached hydrogen (secondary N) is 2. The first-order valence-electron chi connectivity index (χ1n) is 8.69. The van der Waals surface area contributed by atoms with Gasteiger partial charge in [-0.2, -0.15) is 0 Å². The van der Waals surface area contributed by atoms with Crippen LogP contribution in [0.4, 0.5) is 5.69 Å². The van der Waals surface area contributed by atoms with Gasteiger partial charge in [0.05, 0.1) is 0 Å². The number of amides is 2. The van der Waals surface area contributed by atoms with Gasteiger partial charge in [0.2, 0.25) is 5.91 Å². The molecule has 0 aliphatic carbocycles. The highest BCUT2D eigenvalue weighted by atomic mass is 16.5. The number of carbonyl (C=O) groups is 2. The van der Waals surface area contributed by atoms with Crippen LogP contribution in [0.3, 0.4) is 0 Å². The molecule has 0 saturated carbocycles. The first-order chi connectivity index (χ1) is 12.7. The monoisotopic (exact) mass is 352 g/mol. The maximum absolute atomic E-state index is 12.1. The van der Waals surface area contributed by atoms with Crippen LogP contribution in [0, 0.1) is 0 Å². The Morgan fingerprint density at radius 3 is 2.65 bits per heavy atom. The van der Waals surface area contributed by atoms with Gasteiger partial charge in [-0.1, -0.05) is 36.4 Å². The van der Waals surface area contributed by atoms with Gasteiger partial charge in [-0.3, -0.25) is 9.59 Å². The maximum atomic E-state index is 12.1.